The van der Waals surface area contributed by atoms with Crippen molar-refractivity contribution in [1.82, 2.24) is 14.7 Å². The lowest BCUT2D eigenvalue weighted by Crippen LogP contribution is -2.49. The summed E-state index contributed by atoms with van der Waals surface area (Å²) in [4.78, 5) is 32.5. The summed E-state index contributed by atoms with van der Waals surface area (Å²) < 4.78 is 0. The zero-order chi connectivity index (χ0) is 23.8. The summed E-state index contributed by atoms with van der Waals surface area (Å²) in [5.41, 5.74) is 4.01. The Labute approximate surface area is 202 Å². The molecule has 0 aliphatic carbocycles. The third-order valence-corrected chi connectivity index (χ3v) is 6.45. The molecule has 0 unspecified atom stereocenters. The molecule has 0 bridgehead atoms. The first-order valence-electron chi connectivity index (χ1n) is 12.0. The van der Waals surface area contributed by atoms with Gasteiger partial charge in [0.1, 0.15) is 0 Å². The van der Waals surface area contributed by atoms with Gasteiger partial charge < -0.3 is 9.80 Å². The van der Waals surface area contributed by atoms with E-state index in [1.54, 1.807) is 4.90 Å². The summed E-state index contributed by atoms with van der Waals surface area (Å²) in [7, 11) is 0. The molecule has 1 aliphatic rings. The largest absolute Gasteiger partial charge is 0.340 e. The molecule has 1 heterocycles. The van der Waals surface area contributed by atoms with Crippen LogP contribution in [0.5, 0.6) is 0 Å². The molecule has 3 aromatic rings. The molecule has 0 atom stereocenters. The molecule has 5 nitrogen and oxygen atoms in total. The molecule has 0 saturated carbocycles. The maximum atomic E-state index is 13.4. The predicted octanol–water partition coefficient (Wildman–Crippen LogP) is 4.37. The minimum absolute atomic E-state index is 0.0255. The van der Waals surface area contributed by atoms with Gasteiger partial charge in [-0.05, 0) is 29.7 Å². The topological polar surface area (TPSA) is 43.9 Å². The van der Waals surface area contributed by atoms with Crippen molar-refractivity contribution in [2.24, 2.45) is 0 Å². The van der Waals surface area contributed by atoms with Crippen LogP contribution in [0.3, 0.4) is 0 Å². The van der Waals surface area contributed by atoms with E-state index in [4.69, 9.17) is 0 Å². The highest BCUT2D eigenvalue weighted by Crippen LogP contribution is 2.15. The van der Waals surface area contributed by atoms with Crippen LogP contribution in [-0.4, -0.2) is 59.2 Å². The summed E-state index contributed by atoms with van der Waals surface area (Å²) in [5.74, 6) is 0.0949. The second-order valence-corrected chi connectivity index (χ2v) is 8.92. The van der Waals surface area contributed by atoms with Crippen LogP contribution in [0.4, 0.5) is 0 Å². The van der Waals surface area contributed by atoms with E-state index in [-0.39, 0.29) is 11.8 Å². The van der Waals surface area contributed by atoms with Gasteiger partial charge in [0.2, 0.25) is 5.91 Å². The van der Waals surface area contributed by atoms with Crippen molar-refractivity contribution in [3.05, 3.63) is 107 Å². The van der Waals surface area contributed by atoms with Crippen LogP contribution in [0.1, 0.15) is 33.5 Å². The number of hydrogen-bond donors (Lipinski definition) is 0. The van der Waals surface area contributed by atoms with E-state index in [1.807, 2.05) is 72.5 Å². The first-order chi connectivity index (χ1) is 16.6. The van der Waals surface area contributed by atoms with Crippen molar-refractivity contribution in [2.45, 2.75) is 26.4 Å². The van der Waals surface area contributed by atoms with Crippen LogP contribution >= 0.6 is 0 Å². The Morgan fingerprint density at radius 1 is 0.765 bits per heavy atom. The molecular weight excluding hydrogens is 422 g/mol. The minimum Gasteiger partial charge on any atom is -0.340 e. The summed E-state index contributed by atoms with van der Waals surface area (Å²) in [6, 6.07) is 28.1. The van der Waals surface area contributed by atoms with E-state index in [2.05, 4.69) is 29.2 Å². The van der Waals surface area contributed by atoms with Gasteiger partial charge in [-0.25, -0.2) is 0 Å². The highest BCUT2D eigenvalue weighted by atomic mass is 16.2. The molecule has 1 saturated heterocycles. The van der Waals surface area contributed by atoms with Crippen LogP contribution in [-0.2, 0) is 17.9 Å². The highest BCUT2D eigenvalue weighted by molar-refractivity contribution is 5.95. The molecule has 34 heavy (non-hydrogen) atoms. The van der Waals surface area contributed by atoms with Gasteiger partial charge in [0.15, 0.2) is 0 Å². The zero-order valence-electron chi connectivity index (χ0n) is 19.9. The van der Waals surface area contributed by atoms with Crippen LogP contribution in [0.15, 0.2) is 84.9 Å². The third-order valence-electron chi connectivity index (χ3n) is 6.45. The van der Waals surface area contributed by atoms with Crippen molar-refractivity contribution in [3.8, 4) is 0 Å². The van der Waals surface area contributed by atoms with E-state index in [0.29, 0.717) is 25.1 Å². The SMILES string of the molecule is Cc1ccccc1C(=O)N(CCC(=O)N1CCN(Cc2ccccc2)CC1)Cc1ccccc1. The molecule has 176 valence electrons. The third kappa shape index (κ3) is 6.33. The lowest BCUT2D eigenvalue weighted by Gasteiger charge is -2.35. The molecule has 1 fully saturated rings. The first kappa shape index (κ1) is 23.7. The number of nitrogens with zero attached hydrogens (tertiary/aromatic N) is 3. The van der Waals surface area contributed by atoms with Crippen LogP contribution in [0.2, 0.25) is 0 Å². The maximum absolute atomic E-state index is 13.4. The van der Waals surface area contributed by atoms with Gasteiger partial charge in [-0.2, -0.15) is 0 Å². The van der Waals surface area contributed by atoms with Gasteiger partial charge >= 0.3 is 0 Å². The number of aryl methyl sites for hydroxylation is 1. The fraction of sp³-hybridized carbons (Fsp3) is 0.310. The maximum Gasteiger partial charge on any atom is 0.254 e. The van der Waals surface area contributed by atoms with E-state index in [0.717, 1.165) is 43.9 Å². The fourth-order valence-electron chi connectivity index (χ4n) is 4.43. The smallest absolute Gasteiger partial charge is 0.254 e. The Balaban J connectivity index is 1.35. The van der Waals surface area contributed by atoms with Crippen molar-refractivity contribution < 1.29 is 9.59 Å². The molecular formula is C29H33N3O2. The average molecular weight is 456 g/mol. The van der Waals surface area contributed by atoms with Crippen molar-refractivity contribution in [3.63, 3.8) is 0 Å². The predicted molar refractivity (Wildman–Crippen MR) is 135 cm³/mol. The molecule has 0 spiro atoms. The lowest BCUT2D eigenvalue weighted by molar-refractivity contribution is -0.133. The van der Waals surface area contributed by atoms with Crippen LogP contribution in [0.25, 0.3) is 0 Å². The fourth-order valence-corrected chi connectivity index (χ4v) is 4.43. The Hall–Kier alpha value is -3.44. The van der Waals surface area contributed by atoms with Gasteiger partial charge in [-0.3, -0.25) is 14.5 Å². The Bertz CT molecular complexity index is 1080. The lowest BCUT2D eigenvalue weighted by atomic mass is 10.1. The summed E-state index contributed by atoms with van der Waals surface area (Å²) in [6.45, 7) is 6.98. The Morgan fingerprint density at radius 3 is 2.00 bits per heavy atom. The monoisotopic (exact) mass is 455 g/mol. The van der Waals surface area contributed by atoms with E-state index in [9.17, 15) is 9.59 Å². The van der Waals surface area contributed by atoms with Gasteiger partial charge in [-0.1, -0.05) is 78.9 Å². The molecule has 1 aliphatic heterocycles. The minimum atomic E-state index is -0.0255. The van der Waals surface area contributed by atoms with Crippen molar-refractivity contribution >= 4 is 11.8 Å². The summed E-state index contributed by atoms with van der Waals surface area (Å²) in [6.07, 6.45) is 0.336. The first-order valence-corrected chi connectivity index (χ1v) is 12.0. The van der Waals surface area contributed by atoms with Crippen molar-refractivity contribution in [1.29, 1.82) is 0 Å². The summed E-state index contributed by atoms with van der Waals surface area (Å²) >= 11 is 0. The second-order valence-electron chi connectivity index (χ2n) is 8.92. The Kier molecular flexibility index (Phi) is 8.10. The van der Waals surface area contributed by atoms with E-state index in [1.165, 1.54) is 5.56 Å². The Morgan fingerprint density at radius 2 is 1.35 bits per heavy atom. The molecule has 5 heteroatoms. The molecule has 0 radical (unpaired) electrons. The molecule has 2 amide bonds. The normalized spacial score (nSPS) is 14.1. The number of benzene rings is 3. The van der Waals surface area contributed by atoms with E-state index >= 15 is 0 Å². The molecule has 0 aromatic heterocycles. The number of amides is 2. The van der Waals surface area contributed by atoms with Crippen molar-refractivity contribution in [2.75, 3.05) is 32.7 Å². The molecule has 4 rings (SSSR count). The molecule has 0 N–H and O–H groups in total. The standard InChI is InChI=1S/C29H33N3O2/c1-24-10-8-9-15-27(24)29(34)32(23-26-13-6-3-7-14-26)17-16-28(33)31-20-18-30(19-21-31)22-25-11-4-2-5-12-25/h2-15H,16-23H2,1H3. The second kappa shape index (κ2) is 11.6. The highest BCUT2D eigenvalue weighted by Gasteiger charge is 2.23. The zero-order valence-corrected chi connectivity index (χ0v) is 19.9. The van der Waals surface area contributed by atoms with Crippen LogP contribution in [0, 0.1) is 6.92 Å². The number of carbonyl (C=O) groups excluding carboxylic acids is 2. The van der Waals surface area contributed by atoms with Gasteiger partial charge in [0.05, 0.1) is 0 Å². The average Bonchev–Trinajstić information content (AvgIpc) is 2.88. The van der Waals surface area contributed by atoms with Gasteiger partial charge in [0.25, 0.3) is 5.91 Å². The number of hydrogen-bond acceptors (Lipinski definition) is 3. The quantitative estimate of drug-likeness (QED) is 0.507. The van der Waals surface area contributed by atoms with Gasteiger partial charge in [0, 0.05) is 57.8 Å². The summed E-state index contributed by atoms with van der Waals surface area (Å²) in [5, 5.41) is 0. The number of carbonyl (C=O) groups is 2. The van der Waals surface area contributed by atoms with Crippen LogP contribution < -0.4 is 0 Å². The van der Waals surface area contributed by atoms with Gasteiger partial charge in [-0.15, -0.1) is 0 Å². The number of piperazine rings is 1. The number of rotatable bonds is 8. The van der Waals surface area contributed by atoms with E-state index < -0.39 is 0 Å². The molecule has 3 aromatic carbocycles.